The van der Waals surface area contributed by atoms with E-state index in [2.05, 4.69) is 29.0 Å². The molecule has 1 unspecified atom stereocenters. The predicted molar refractivity (Wildman–Crippen MR) is 78.1 cm³/mol. The molecule has 0 aromatic carbocycles. The molecule has 0 aliphatic carbocycles. The van der Waals surface area contributed by atoms with Crippen LogP contribution in [0, 0.1) is 5.92 Å². The summed E-state index contributed by atoms with van der Waals surface area (Å²) in [6.07, 6.45) is 4.61. The normalized spacial score (nSPS) is 28.1. The molecule has 110 valence electrons. The zero-order valence-electron chi connectivity index (χ0n) is 12.5. The van der Waals surface area contributed by atoms with Gasteiger partial charge in [0, 0.05) is 19.6 Å². The fraction of sp³-hybridized carbons (Fsp3) is 0.933. The number of nitrogens with zero attached hydrogens (tertiary/aromatic N) is 2. The summed E-state index contributed by atoms with van der Waals surface area (Å²) in [5.74, 6) is 1.02. The molecule has 0 aromatic rings. The fourth-order valence-corrected chi connectivity index (χ4v) is 3.31. The van der Waals surface area contributed by atoms with Crippen LogP contribution in [0.3, 0.4) is 0 Å². The molecule has 0 aromatic heterocycles. The van der Waals surface area contributed by atoms with Gasteiger partial charge in [-0.25, -0.2) is 0 Å². The van der Waals surface area contributed by atoms with Crippen molar-refractivity contribution in [3.05, 3.63) is 0 Å². The molecule has 4 heteroatoms. The van der Waals surface area contributed by atoms with E-state index in [1.807, 2.05) is 0 Å². The molecule has 2 aliphatic rings. The van der Waals surface area contributed by atoms with Gasteiger partial charge in [0.05, 0.1) is 6.04 Å². The molecule has 2 aliphatic heterocycles. The topological polar surface area (TPSA) is 35.6 Å². The van der Waals surface area contributed by atoms with Gasteiger partial charge in [-0.05, 0) is 44.8 Å². The minimum absolute atomic E-state index is 0.0981. The van der Waals surface area contributed by atoms with Crippen molar-refractivity contribution in [1.82, 2.24) is 15.1 Å². The monoisotopic (exact) mass is 267 g/mol. The Morgan fingerprint density at radius 1 is 1.26 bits per heavy atom. The maximum absolute atomic E-state index is 12.4. The van der Waals surface area contributed by atoms with Crippen LogP contribution in [0.2, 0.25) is 0 Å². The summed E-state index contributed by atoms with van der Waals surface area (Å²) in [4.78, 5) is 17.0. The first-order valence-corrected chi connectivity index (χ1v) is 7.99. The number of hydrogen-bond donors (Lipinski definition) is 1. The Morgan fingerprint density at radius 2 is 2.05 bits per heavy atom. The molecule has 2 rings (SSSR count). The van der Waals surface area contributed by atoms with Crippen molar-refractivity contribution in [2.45, 2.75) is 45.6 Å². The van der Waals surface area contributed by atoms with E-state index in [0.29, 0.717) is 11.8 Å². The van der Waals surface area contributed by atoms with E-state index >= 15 is 0 Å². The van der Waals surface area contributed by atoms with Crippen molar-refractivity contribution in [3.8, 4) is 0 Å². The SMILES string of the molecule is CCN(CC)CC1CCN(C(=O)[C@H]2CCCCN2)C1. The summed E-state index contributed by atoms with van der Waals surface area (Å²) in [6, 6.07) is 0.0981. The van der Waals surface area contributed by atoms with E-state index in [1.165, 1.54) is 19.3 Å². The molecule has 2 heterocycles. The van der Waals surface area contributed by atoms with Gasteiger partial charge in [0.15, 0.2) is 0 Å². The second-order valence-electron chi connectivity index (χ2n) is 5.93. The van der Waals surface area contributed by atoms with Gasteiger partial charge in [-0.3, -0.25) is 4.79 Å². The van der Waals surface area contributed by atoms with Gasteiger partial charge >= 0.3 is 0 Å². The molecule has 2 atom stereocenters. The average Bonchev–Trinajstić information content (AvgIpc) is 2.93. The maximum atomic E-state index is 12.4. The van der Waals surface area contributed by atoms with Gasteiger partial charge in [0.25, 0.3) is 0 Å². The van der Waals surface area contributed by atoms with Crippen molar-refractivity contribution in [2.75, 3.05) is 39.3 Å². The van der Waals surface area contributed by atoms with Crippen LogP contribution in [0.5, 0.6) is 0 Å². The Bertz CT molecular complexity index is 285. The van der Waals surface area contributed by atoms with Crippen LogP contribution >= 0.6 is 0 Å². The maximum Gasteiger partial charge on any atom is 0.239 e. The highest BCUT2D eigenvalue weighted by Gasteiger charge is 2.31. The van der Waals surface area contributed by atoms with Gasteiger partial charge in [0.1, 0.15) is 0 Å². The van der Waals surface area contributed by atoms with Crippen LogP contribution < -0.4 is 5.32 Å². The molecule has 0 bridgehead atoms. The van der Waals surface area contributed by atoms with E-state index < -0.39 is 0 Å². The first-order valence-electron chi connectivity index (χ1n) is 7.99. The molecular weight excluding hydrogens is 238 g/mol. The number of carbonyl (C=O) groups is 1. The Hall–Kier alpha value is -0.610. The van der Waals surface area contributed by atoms with E-state index in [4.69, 9.17) is 0 Å². The van der Waals surface area contributed by atoms with Crippen molar-refractivity contribution < 1.29 is 4.79 Å². The lowest BCUT2D eigenvalue weighted by Gasteiger charge is -2.28. The number of carbonyl (C=O) groups excluding carboxylic acids is 1. The molecular formula is C15H29N3O. The molecule has 0 spiro atoms. The molecule has 0 saturated carbocycles. The van der Waals surface area contributed by atoms with E-state index in [9.17, 15) is 4.79 Å². The highest BCUT2D eigenvalue weighted by Crippen LogP contribution is 2.20. The molecule has 19 heavy (non-hydrogen) atoms. The average molecular weight is 267 g/mol. The number of likely N-dealkylation sites (tertiary alicyclic amines) is 1. The van der Waals surface area contributed by atoms with Crippen molar-refractivity contribution in [2.24, 2.45) is 5.92 Å². The fourth-order valence-electron chi connectivity index (χ4n) is 3.31. The van der Waals surface area contributed by atoms with Gasteiger partial charge in [-0.1, -0.05) is 20.3 Å². The Morgan fingerprint density at radius 3 is 2.68 bits per heavy atom. The smallest absolute Gasteiger partial charge is 0.239 e. The van der Waals surface area contributed by atoms with E-state index in [1.54, 1.807) is 0 Å². The van der Waals surface area contributed by atoms with Crippen LogP contribution in [0.4, 0.5) is 0 Å². The number of piperidine rings is 1. The van der Waals surface area contributed by atoms with E-state index in [0.717, 1.165) is 45.7 Å². The zero-order chi connectivity index (χ0) is 13.7. The van der Waals surface area contributed by atoms with Gasteiger partial charge < -0.3 is 15.1 Å². The van der Waals surface area contributed by atoms with Crippen LogP contribution in [-0.2, 0) is 4.79 Å². The lowest BCUT2D eigenvalue weighted by molar-refractivity contribution is -0.133. The molecule has 1 N–H and O–H groups in total. The quantitative estimate of drug-likeness (QED) is 0.816. The first-order chi connectivity index (χ1) is 9.24. The molecule has 2 saturated heterocycles. The molecule has 4 nitrogen and oxygen atoms in total. The van der Waals surface area contributed by atoms with Gasteiger partial charge in [-0.15, -0.1) is 0 Å². The van der Waals surface area contributed by atoms with Crippen LogP contribution in [-0.4, -0.2) is 61.0 Å². The third-order valence-corrected chi connectivity index (χ3v) is 4.62. The summed E-state index contributed by atoms with van der Waals surface area (Å²) in [5, 5.41) is 3.37. The third-order valence-electron chi connectivity index (χ3n) is 4.62. The Balaban J connectivity index is 1.78. The second-order valence-corrected chi connectivity index (χ2v) is 5.93. The van der Waals surface area contributed by atoms with Crippen molar-refractivity contribution >= 4 is 5.91 Å². The summed E-state index contributed by atoms with van der Waals surface area (Å²) >= 11 is 0. The van der Waals surface area contributed by atoms with Crippen LogP contribution in [0.25, 0.3) is 0 Å². The molecule has 0 radical (unpaired) electrons. The Labute approximate surface area is 117 Å². The first kappa shape index (κ1) is 14.8. The highest BCUT2D eigenvalue weighted by atomic mass is 16.2. The van der Waals surface area contributed by atoms with Crippen LogP contribution in [0.15, 0.2) is 0 Å². The number of rotatable bonds is 5. The van der Waals surface area contributed by atoms with Gasteiger partial charge in [0.2, 0.25) is 5.91 Å². The molecule has 1 amide bonds. The minimum atomic E-state index is 0.0981. The standard InChI is InChI=1S/C15H29N3O/c1-3-17(4-2)11-13-8-10-18(12-13)15(19)14-7-5-6-9-16-14/h13-14,16H,3-12H2,1-2H3/t13?,14-/m1/s1. The summed E-state index contributed by atoms with van der Waals surface area (Å²) < 4.78 is 0. The highest BCUT2D eigenvalue weighted by molar-refractivity contribution is 5.82. The lowest BCUT2D eigenvalue weighted by Crippen LogP contribution is -2.48. The minimum Gasteiger partial charge on any atom is -0.341 e. The van der Waals surface area contributed by atoms with Crippen molar-refractivity contribution in [3.63, 3.8) is 0 Å². The zero-order valence-corrected chi connectivity index (χ0v) is 12.5. The lowest BCUT2D eigenvalue weighted by atomic mass is 10.0. The molecule has 2 fully saturated rings. The van der Waals surface area contributed by atoms with Crippen LogP contribution in [0.1, 0.15) is 39.5 Å². The number of hydrogen-bond acceptors (Lipinski definition) is 3. The van der Waals surface area contributed by atoms with Gasteiger partial charge in [-0.2, -0.15) is 0 Å². The van der Waals surface area contributed by atoms with E-state index in [-0.39, 0.29) is 6.04 Å². The number of nitrogens with one attached hydrogen (secondary N) is 1. The Kier molecular flexibility index (Phi) is 5.64. The second kappa shape index (κ2) is 7.25. The van der Waals surface area contributed by atoms with Crippen molar-refractivity contribution in [1.29, 1.82) is 0 Å². The summed E-state index contributed by atoms with van der Waals surface area (Å²) in [7, 11) is 0. The summed E-state index contributed by atoms with van der Waals surface area (Å²) in [5.41, 5.74) is 0. The third kappa shape index (κ3) is 3.93. The largest absolute Gasteiger partial charge is 0.341 e. The summed E-state index contributed by atoms with van der Waals surface area (Å²) in [6.45, 7) is 10.7. The predicted octanol–water partition coefficient (Wildman–Crippen LogP) is 1.32. The number of amides is 1.